The third kappa shape index (κ3) is 3.91. The van der Waals surface area contributed by atoms with Crippen molar-refractivity contribution in [2.75, 3.05) is 5.32 Å². The number of aryl methyl sites for hydroxylation is 2. The smallest absolute Gasteiger partial charge is 0.332 e. The summed E-state index contributed by atoms with van der Waals surface area (Å²) in [6, 6.07) is 11.4. The van der Waals surface area contributed by atoms with Gasteiger partial charge in [0.25, 0.3) is 5.56 Å². The molecule has 0 bridgehead atoms. The average Bonchev–Trinajstić information content (AvgIpc) is 2.61. The van der Waals surface area contributed by atoms with Crippen LogP contribution in [0.2, 0.25) is 0 Å². The molecule has 6 heteroatoms. The Morgan fingerprint density at radius 1 is 1.04 bits per heavy atom. The number of nitrogens with one attached hydrogen (secondary N) is 1. The van der Waals surface area contributed by atoms with Crippen molar-refractivity contribution in [3.05, 3.63) is 91.9 Å². The minimum atomic E-state index is -0.342. The van der Waals surface area contributed by atoms with Crippen LogP contribution in [0.15, 0.2) is 58.4 Å². The zero-order valence-corrected chi connectivity index (χ0v) is 15.2. The lowest BCUT2D eigenvalue weighted by molar-refractivity contribution is 0.649. The molecule has 6 nitrogen and oxygen atoms in total. The first-order valence-corrected chi connectivity index (χ1v) is 8.45. The standard InChI is InChI=1S/C20H22N4O2/c1-14-7-15(2)9-17(8-14)13-24-18(10-19(25)23(3)20(24)26)22-12-16-5-4-6-21-11-16/h4-11,22H,12-13H2,1-3H3. The van der Waals surface area contributed by atoms with E-state index >= 15 is 0 Å². The summed E-state index contributed by atoms with van der Waals surface area (Å²) in [6.45, 7) is 4.93. The lowest BCUT2D eigenvalue weighted by atomic mass is 10.1. The summed E-state index contributed by atoms with van der Waals surface area (Å²) in [4.78, 5) is 28.8. The molecule has 26 heavy (non-hydrogen) atoms. The average molecular weight is 350 g/mol. The summed E-state index contributed by atoms with van der Waals surface area (Å²) in [6.07, 6.45) is 3.46. The van der Waals surface area contributed by atoms with E-state index in [0.29, 0.717) is 18.9 Å². The lowest BCUT2D eigenvalue weighted by Gasteiger charge is -2.16. The maximum absolute atomic E-state index is 12.7. The lowest BCUT2D eigenvalue weighted by Crippen LogP contribution is -2.39. The normalized spacial score (nSPS) is 10.7. The Labute approximate surface area is 151 Å². The molecule has 0 saturated heterocycles. The van der Waals surface area contributed by atoms with Crippen molar-refractivity contribution in [1.29, 1.82) is 0 Å². The SMILES string of the molecule is Cc1cc(C)cc(Cn2c(NCc3cccnc3)cc(=O)n(C)c2=O)c1. The van der Waals surface area contributed by atoms with Gasteiger partial charge in [-0.15, -0.1) is 0 Å². The Morgan fingerprint density at radius 2 is 1.77 bits per heavy atom. The van der Waals surface area contributed by atoms with E-state index in [1.54, 1.807) is 17.0 Å². The van der Waals surface area contributed by atoms with Crippen LogP contribution >= 0.6 is 0 Å². The number of benzene rings is 1. The molecule has 1 aromatic carbocycles. The molecule has 0 saturated carbocycles. The van der Waals surface area contributed by atoms with Gasteiger partial charge in [-0.05, 0) is 31.0 Å². The zero-order chi connectivity index (χ0) is 18.7. The van der Waals surface area contributed by atoms with Gasteiger partial charge in [0, 0.05) is 32.1 Å². The minimum Gasteiger partial charge on any atom is -0.367 e. The van der Waals surface area contributed by atoms with Crippen LogP contribution in [0.25, 0.3) is 0 Å². The number of pyridine rings is 1. The number of hydrogen-bond acceptors (Lipinski definition) is 4. The Balaban J connectivity index is 1.98. The predicted octanol–water partition coefficient (Wildman–Crippen LogP) is 2.22. The first-order chi connectivity index (χ1) is 12.4. The van der Waals surface area contributed by atoms with E-state index in [9.17, 15) is 9.59 Å². The van der Waals surface area contributed by atoms with Crippen molar-refractivity contribution in [3.8, 4) is 0 Å². The second-order valence-corrected chi connectivity index (χ2v) is 6.51. The van der Waals surface area contributed by atoms with Crippen molar-refractivity contribution < 1.29 is 0 Å². The van der Waals surface area contributed by atoms with Gasteiger partial charge in [0.05, 0.1) is 6.54 Å². The first kappa shape index (κ1) is 17.7. The number of aromatic nitrogens is 3. The summed E-state index contributed by atoms with van der Waals surface area (Å²) in [7, 11) is 1.49. The maximum atomic E-state index is 12.7. The zero-order valence-electron chi connectivity index (χ0n) is 15.2. The molecule has 2 heterocycles. The van der Waals surface area contributed by atoms with Crippen molar-refractivity contribution in [2.24, 2.45) is 7.05 Å². The van der Waals surface area contributed by atoms with E-state index in [-0.39, 0.29) is 11.2 Å². The summed E-state index contributed by atoms with van der Waals surface area (Å²) in [5.74, 6) is 0.501. The topological polar surface area (TPSA) is 68.9 Å². The Morgan fingerprint density at radius 3 is 2.42 bits per heavy atom. The van der Waals surface area contributed by atoms with Gasteiger partial charge in [0.2, 0.25) is 0 Å². The molecule has 0 spiro atoms. The van der Waals surface area contributed by atoms with Gasteiger partial charge in [-0.2, -0.15) is 0 Å². The molecule has 0 aliphatic heterocycles. The summed E-state index contributed by atoms with van der Waals surface area (Å²) >= 11 is 0. The third-order valence-corrected chi connectivity index (χ3v) is 4.22. The van der Waals surface area contributed by atoms with E-state index < -0.39 is 0 Å². The van der Waals surface area contributed by atoms with Gasteiger partial charge in [0.1, 0.15) is 5.82 Å². The van der Waals surface area contributed by atoms with Gasteiger partial charge in [-0.25, -0.2) is 4.79 Å². The molecule has 2 aromatic heterocycles. The third-order valence-electron chi connectivity index (χ3n) is 4.22. The molecule has 0 amide bonds. The van der Waals surface area contributed by atoms with Crippen molar-refractivity contribution >= 4 is 5.82 Å². The summed E-state index contributed by atoms with van der Waals surface area (Å²) < 4.78 is 2.71. The van der Waals surface area contributed by atoms with E-state index in [2.05, 4.69) is 28.5 Å². The monoisotopic (exact) mass is 350 g/mol. The fourth-order valence-electron chi connectivity index (χ4n) is 3.01. The fraction of sp³-hybridized carbons (Fsp3) is 0.250. The molecule has 3 aromatic rings. The van der Waals surface area contributed by atoms with E-state index in [4.69, 9.17) is 0 Å². The van der Waals surface area contributed by atoms with Gasteiger partial charge in [-0.1, -0.05) is 35.4 Å². The summed E-state index contributed by atoms with van der Waals surface area (Å²) in [5, 5.41) is 3.20. The highest BCUT2D eigenvalue weighted by Gasteiger charge is 2.10. The molecule has 0 aliphatic carbocycles. The van der Waals surface area contributed by atoms with Gasteiger partial charge in [-0.3, -0.25) is 18.9 Å². The molecule has 0 aliphatic rings. The molecule has 0 fully saturated rings. The van der Waals surface area contributed by atoms with Crippen LogP contribution in [0.5, 0.6) is 0 Å². The highest BCUT2D eigenvalue weighted by Crippen LogP contribution is 2.12. The molecule has 1 N–H and O–H groups in total. The molecule has 0 radical (unpaired) electrons. The molecule has 0 unspecified atom stereocenters. The fourth-order valence-corrected chi connectivity index (χ4v) is 3.01. The van der Waals surface area contributed by atoms with Crippen LogP contribution in [-0.4, -0.2) is 14.1 Å². The molecular weight excluding hydrogens is 328 g/mol. The van der Waals surface area contributed by atoms with Crippen molar-refractivity contribution in [1.82, 2.24) is 14.1 Å². The van der Waals surface area contributed by atoms with Gasteiger partial charge >= 0.3 is 5.69 Å². The van der Waals surface area contributed by atoms with Crippen LogP contribution in [0.3, 0.4) is 0 Å². The summed E-state index contributed by atoms with van der Waals surface area (Å²) in [5.41, 5.74) is 3.60. The Hall–Kier alpha value is -3.15. The largest absolute Gasteiger partial charge is 0.367 e. The van der Waals surface area contributed by atoms with Crippen LogP contribution in [0, 0.1) is 13.8 Å². The van der Waals surface area contributed by atoms with Gasteiger partial charge in [0.15, 0.2) is 0 Å². The number of hydrogen-bond donors (Lipinski definition) is 1. The molecule has 0 atom stereocenters. The second kappa shape index (κ2) is 7.39. The number of anilines is 1. The molecule has 3 rings (SSSR count). The van der Waals surface area contributed by atoms with E-state index in [0.717, 1.165) is 26.8 Å². The van der Waals surface area contributed by atoms with E-state index in [1.165, 1.54) is 13.1 Å². The van der Waals surface area contributed by atoms with Crippen LogP contribution in [0.4, 0.5) is 5.82 Å². The maximum Gasteiger partial charge on any atom is 0.332 e. The van der Waals surface area contributed by atoms with Crippen LogP contribution in [0.1, 0.15) is 22.3 Å². The highest BCUT2D eigenvalue weighted by molar-refractivity contribution is 5.37. The van der Waals surface area contributed by atoms with Crippen molar-refractivity contribution in [3.63, 3.8) is 0 Å². The Bertz CT molecular complexity index is 1020. The quantitative estimate of drug-likeness (QED) is 0.766. The van der Waals surface area contributed by atoms with Crippen molar-refractivity contribution in [2.45, 2.75) is 26.9 Å². The Kier molecular flexibility index (Phi) is 5.02. The molecule has 134 valence electrons. The predicted molar refractivity (Wildman–Crippen MR) is 103 cm³/mol. The molecular formula is C20H22N4O2. The second-order valence-electron chi connectivity index (χ2n) is 6.51. The van der Waals surface area contributed by atoms with Crippen LogP contribution < -0.4 is 16.6 Å². The van der Waals surface area contributed by atoms with Crippen LogP contribution in [-0.2, 0) is 20.1 Å². The highest BCUT2D eigenvalue weighted by atomic mass is 16.2. The van der Waals surface area contributed by atoms with Gasteiger partial charge < -0.3 is 5.32 Å². The first-order valence-electron chi connectivity index (χ1n) is 8.45. The number of nitrogens with zero attached hydrogens (tertiary/aromatic N) is 3. The minimum absolute atomic E-state index is 0.333. The number of rotatable bonds is 5. The van der Waals surface area contributed by atoms with E-state index in [1.807, 2.05) is 26.0 Å².